The van der Waals surface area contributed by atoms with Crippen molar-refractivity contribution in [3.63, 3.8) is 0 Å². The fourth-order valence-electron chi connectivity index (χ4n) is 2.77. The third kappa shape index (κ3) is 3.57. The normalized spacial score (nSPS) is 15.9. The van der Waals surface area contributed by atoms with Gasteiger partial charge in [-0.1, -0.05) is 11.3 Å². The van der Waals surface area contributed by atoms with Crippen LogP contribution in [0.15, 0.2) is 18.3 Å². The number of amides is 2. The van der Waals surface area contributed by atoms with Crippen LogP contribution in [0.4, 0.5) is 15.7 Å². The van der Waals surface area contributed by atoms with Gasteiger partial charge >= 0.3 is 6.03 Å². The standard InChI is InChI=1S/C17H19N5O3S/c1-3-19-12-7-4-9(8-20-12)13(23)10-5-6-11-15(14(10)24)26-17(21-11)22-16(25)18-2/h4,7-8,10H,3,5-6H2,1-2H3,(H,19,20)(H2,18,21,22,25). The summed E-state index contributed by atoms with van der Waals surface area (Å²) in [6, 6.07) is 3.01. The number of carbonyl (C=O) groups is 3. The summed E-state index contributed by atoms with van der Waals surface area (Å²) in [6.07, 6.45) is 2.42. The molecule has 2 aromatic heterocycles. The van der Waals surface area contributed by atoms with Gasteiger partial charge in [-0.15, -0.1) is 0 Å². The molecule has 3 N–H and O–H groups in total. The Morgan fingerprint density at radius 1 is 1.35 bits per heavy atom. The van der Waals surface area contributed by atoms with Crippen LogP contribution in [0, 0.1) is 5.92 Å². The number of hydrogen-bond acceptors (Lipinski definition) is 7. The first-order chi connectivity index (χ1) is 12.5. The summed E-state index contributed by atoms with van der Waals surface area (Å²) in [4.78, 5) is 45.8. The van der Waals surface area contributed by atoms with Crippen LogP contribution in [0.5, 0.6) is 0 Å². The summed E-state index contributed by atoms with van der Waals surface area (Å²) < 4.78 is 0. The molecule has 2 amide bonds. The van der Waals surface area contributed by atoms with E-state index in [0.29, 0.717) is 39.9 Å². The molecule has 8 nitrogen and oxygen atoms in total. The van der Waals surface area contributed by atoms with Gasteiger partial charge in [-0.25, -0.2) is 14.8 Å². The lowest BCUT2D eigenvalue weighted by atomic mass is 9.84. The first kappa shape index (κ1) is 18.0. The lowest BCUT2D eigenvalue weighted by Crippen LogP contribution is -2.29. The number of urea groups is 1. The number of rotatable bonds is 5. The minimum atomic E-state index is -0.734. The van der Waals surface area contributed by atoms with Crippen LogP contribution in [0.2, 0.25) is 0 Å². The Morgan fingerprint density at radius 2 is 2.15 bits per heavy atom. The lowest BCUT2D eigenvalue weighted by Gasteiger charge is -2.18. The number of carbonyl (C=O) groups excluding carboxylic acids is 3. The number of pyridine rings is 1. The zero-order valence-electron chi connectivity index (χ0n) is 14.5. The van der Waals surface area contributed by atoms with Crippen molar-refractivity contribution in [3.05, 3.63) is 34.5 Å². The predicted octanol–water partition coefficient (Wildman–Crippen LogP) is 2.35. The topological polar surface area (TPSA) is 113 Å². The maximum atomic E-state index is 12.8. The molecule has 3 rings (SSSR count). The SMILES string of the molecule is CCNc1ccc(C(=O)C2CCc3nc(NC(=O)NC)sc3C2=O)cn1. The maximum absolute atomic E-state index is 12.8. The molecule has 1 aliphatic carbocycles. The summed E-state index contributed by atoms with van der Waals surface area (Å²) >= 11 is 1.10. The number of nitrogens with zero attached hydrogens (tertiary/aromatic N) is 2. The third-order valence-electron chi connectivity index (χ3n) is 4.08. The summed E-state index contributed by atoms with van der Waals surface area (Å²) in [7, 11) is 1.50. The van der Waals surface area contributed by atoms with E-state index in [1.807, 2.05) is 6.92 Å². The number of ketones is 2. The minimum absolute atomic E-state index is 0.231. The molecule has 1 unspecified atom stereocenters. The average molecular weight is 373 g/mol. The van der Waals surface area contributed by atoms with E-state index in [0.717, 1.165) is 17.9 Å². The van der Waals surface area contributed by atoms with E-state index in [1.165, 1.54) is 13.2 Å². The largest absolute Gasteiger partial charge is 0.370 e. The van der Waals surface area contributed by atoms with Gasteiger partial charge in [0.25, 0.3) is 0 Å². The molecule has 0 radical (unpaired) electrons. The highest BCUT2D eigenvalue weighted by molar-refractivity contribution is 7.17. The molecule has 2 heterocycles. The zero-order valence-corrected chi connectivity index (χ0v) is 15.3. The van der Waals surface area contributed by atoms with Crippen molar-refractivity contribution in [2.45, 2.75) is 19.8 Å². The summed E-state index contributed by atoms with van der Waals surface area (Å²) in [5.41, 5.74) is 1.05. The monoisotopic (exact) mass is 373 g/mol. The second kappa shape index (κ2) is 7.61. The number of aromatic nitrogens is 2. The molecule has 1 aliphatic rings. The molecule has 0 spiro atoms. The highest BCUT2D eigenvalue weighted by Crippen LogP contribution is 2.33. The fourth-order valence-corrected chi connectivity index (χ4v) is 3.78. The third-order valence-corrected chi connectivity index (χ3v) is 5.10. The van der Waals surface area contributed by atoms with Gasteiger partial charge in [0.1, 0.15) is 5.82 Å². The van der Waals surface area contributed by atoms with Crippen LogP contribution in [0.25, 0.3) is 0 Å². The van der Waals surface area contributed by atoms with Gasteiger partial charge in [0.15, 0.2) is 16.7 Å². The van der Waals surface area contributed by atoms with Gasteiger partial charge in [0.2, 0.25) is 0 Å². The van der Waals surface area contributed by atoms with Gasteiger partial charge < -0.3 is 10.6 Å². The van der Waals surface area contributed by atoms with Crippen LogP contribution < -0.4 is 16.0 Å². The van der Waals surface area contributed by atoms with Crippen molar-refractivity contribution >= 4 is 39.9 Å². The predicted molar refractivity (Wildman–Crippen MR) is 99.1 cm³/mol. The minimum Gasteiger partial charge on any atom is -0.370 e. The second-order valence-electron chi connectivity index (χ2n) is 5.78. The lowest BCUT2D eigenvalue weighted by molar-refractivity contribution is 0.0792. The molecule has 0 saturated heterocycles. The van der Waals surface area contributed by atoms with Crippen molar-refractivity contribution in [2.24, 2.45) is 5.92 Å². The average Bonchev–Trinajstić information content (AvgIpc) is 3.06. The van der Waals surface area contributed by atoms with E-state index in [4.69, 9.17) is 0 Å². The summed E-state index contributed by atoms with van der Waals surface area (Å²) in [5.74, 6) is -0.517. The Kier molecular flexibility index (Phi) is 5.27. The van der Waals surface area contributed by atoms with Crippen molar-refractivity contribution in [1.82, 2.24) is 15.3 Å². The Morgan fingerprint density at radius 3 is 2.81 bits per heavy atom. The molecule has 0 fully saturated rings. The Balaban J connectivity index is 1.77. The number of nitrogens with one attached hydrogen (secondary N) is 3. The van der Waals surface area contributed by atoms with E-state index in [9.17, 15) is 14.4 Å². The van der Waals surface area contributed by atoms with Gasteiger partial charge in [-0.3, -0.25) is 14.9 Å². The Hall–Kier alpha value is -2.81. The molecular weight excluding hydrogens is 354 g/mol. The van der Waals surface area contributed by atoms with Crippen molar-refractivity contribution in [3.8, 4) is 0 Å². The van der Waals surface area contributed by atoms with Gasteiger partial charge in [0, 0.05) is 25.4 Å². The number of anilines is 2. The molecule has 136 valence electrons. The van der Waals surface area contributed by atoms with Gasteiger partial charge in [-0.05, 0) is 31.9 Å². The first-order valence-corrected chi connectivity index (χ1v) is 9.12. The number of hydrogen-bond donors (Lipinski definition) is 3. The number of thiazole rings is 1. The van der Waals surface area contributed by atoms with Crippen LogP contribution in [-0.2, 0) is 6.42 Å². The first-order valence-electron chi connectivity index (χ1n) is 8.30. The van der Waals surface area contributed by atoms with Crippen molar-refractivity contribution in [2.75, 3.05) is 24.2 Å². The van der Waals surface area contributed by atoms with E-state index in [-0.39, 0.29) is 11.6 Å². The Labute approximate surface area is 154 Å². The highest BCUT2D eigenvalue weighted by Gasteiger charge is 2.36. The molecule has 0 aliphatic heterocycles. The highest BCUT2D eigenvalue weighted by atomic mass is 32.1. The molecule has 0 bridgehead atoms. The van der Waals surface area contributed by atoms with Gasteiger partial charge in [-0.2, -0.15) is 0 Å². The second-order valence-corrected chi connectivity index (χ2v) is 6.78. The molecule has 9 heteroatoms. The summed E-state index contributed by atoms with van der Waals surface area (Å²) in [5, 5.41) is 8.42. The number of fused-ring (bicyclic) bond motifs is 1. The zero-order chi connectivity index (χ0) is 18.7. The number of aryl methyl sites for hydroxylation is 1. The quantitative estimate of drug-likeness (QED) is 0.548. The van der Waals surface area contributed by atoms with Crippen LogP contribution in [0.1, 0.15) is 39.1 Å². The van der Waals surface area contributed by atoms with Crippen LogP contribution in [0.3, 0.4) is 0 Å². The van der Waals surface area contributed by atoms with Crippen molar-refractivity contribution < 1.29 is 14.4 Å². The molecule has 2 aromatic rings. The van der Waals surface area contributed by atoms with E-state index >= 15 is 0 Å². The van der Waals surface area contributed by atoms with E-state index in [2.05, 4.69) is 25.9 Å². The molecule has 26 heavy (non-hydrogen) atoms. The van der Waals surface area contributed by atoms with Crippen LogP contribution >= 0.6 is 11.3 Å². The van der Waals surface area contributed by atoms with E-state index in [1.54, 1.807) is 12.1 Å². The fraction of sp³-hybridized carbons (Fsp3) is 0.353. The molecular formula is C17H19N5O3S. The molecule has 0 saturated carbocycles. The molecule has 1 atom stereocenters. The van der Waals surface area contributed by atoms with Crippen LogP contribution in [-0.4, -0.2) is 41.2 Å². The van der Waals surface area contributed by atoms with Crippen molar-refractivity contribution in [1.29, 1.82) is 0 Å². The summed E-state index contributed by atoms with van der Waals surface area (Å²) in [6.45, 7) is 2.70. The maximum Gasteiger partial charge on any atom is 0.320 e. The Bertz CT molecular complexity index is 847. The van der Waals surface area contributed by atoms with Gasteiger partial charge in [0.05, 0.1) is 16.5 Å². The van der Waals surface area contributed by atoms with E-state index < -0.39 is 11.9 Å². The number of Topliss-reactive ketones (excluding diaryl/α,β-unsaturated/α-hetero) is 2. The molecule has 0 aromatic carbocycles. The smallest absolute Gasteiger partial charge is 0.320 e.